The molecule has 4 rings (SSSR count). The maximum atomic E-state index is 12.9. The summed E-state index contributed by atoms with van der Waals surface area (Å²) < 4.78 is 32.3. The lowest BCUT2D eigenvalue weighted by atomic mass is 10.0. The molecule has 0 fully saturated rings. The lowest BCUT2D eigenvalue weighted by Gasteiger charge is -2.27. The van der Waals surface area contributed by atoms with Crippen LogP contribution in [0, 0.1) is 13.8 Å². The van der Waals surface area contributed by atoms with Gasteiger partial charge in [-0.1, -0.05) is 5.16 Å². The van der Waals surface area contributed by atoms with Crippen molar-refractivity contribution in [3.8, 4) is 0 Å². The maximum Gasteiger partial charge on any atom is 0.248 e. The molecule has 0 aliphatic carbocycles. The van der Waals surface area contributed by atoms with Gasteiger partial charge in [-0.15, -0.1) is 0 Å². The molecule has 0 radical (unpaired) electrons. The Labute approximate surface area is 132 Å². The fourth-order valence-corrected chi connectivity index (χ4v) is 4.82. The fraction of sp³-hybridized carbons (Fsp3) is 0.357. The summed E-state index contributed by atoms with van der Waals surface area (Å²) in [5.41, 5.74) is 3.12. The van der Waals surface area contributed by atoms with Crippen LogP contribution in [0.5, 0.6) is 0 Å². The van der Waals surface area contributed by atoms with E-state index in [4.69, 9.17) is 4.52 Å². The number of pyridine rings is 1. The van der Waals surface area contributed by atoms with Crippen LogP contribution in [-0.2, 0) is 23.0 Å². The number of hydrogen-bond acceptors (Lipinski definition) is 6. The fourth-order valence-electron chi connectivity index (χ4n) is 3.11. The summed E-state index contributed by atoms with van der Waals surface area (Å²) in [5.74, 6) is 0.316. The van der Waals surface area contributed by atoms with Crippen LogP contribution in [0.1, 0.15) is 22.6 Å². The second-order valence-electron chi connectivity index (χ2n) is 5.64. The minimum Gasteiger partial charge on any atom is -0.360 e. The van der Waals surface area contributed by atoms with E-state index < -0.39 is 10.0 Å². The largest absolute Gasteiger partial charge is 0.360 e. The molecule has 1 aliphatic heterocycles. The summed E-state index contributed by atoms with van der Waals surface area (Å²) in [7, 11) is -3.64. The normalized spacial score (nSPS) is 15.9. The lowest BCUT2D eigenvalue weighted by molar-refractivity contribution is 0.382. The lowest BCUT2D eigenvalue weighted by Crippen LogP contribution is -2.36. The Kier molecular flexibility index (Phi) is 3.03. The van der Waals surface area contributed by atoms with Crippen LogP contribution in [0.4, 0.5) is 0 Å². The molecule has 3 aromatic heterocycles. The van der Waals surface area contributed by atoms with Crippen molar-refractivity contribution in [3.05, 3.63) is 35.0 Å². The number of hydrogen-bond donors (Lipinski definition) is 1. The van der Waals surface area contributed by atoms with Gasteiger partial charge in [-0.25, -0.2) is 13.4 Å². The van der Waals surface area contributed by atoms with E-state index in [1.165, 1.54) is 4.31 Å². The van der Waals surface area contributed by atoms with Crippen LogP contribution < -0.4 is 0 Å². The second-order valence-corrected chi connectivity index (χ2v) is 7.51. The molecule has 3 aromatic rings. The van der Waals surface area contributed by atoms with Crippen molar-refractivity contribution in [2.45, 2.75) is 31.7 Å². The highest BCUT2D eigenvalue weighted by Crippen LogP contribution is 2.30. The molecule has 1 aliphatic rings. The van der Waals surface area contributed by atoms with Gasteiger partial charge in [0.2, 0.25) is 10.0 Å². The van der Waals surface area contributed by atoms with Gasteiger partial charge in [0.25, 0.3) is 0 Å². The van der Waals surface area contributed by atoms with E-state index in [1.54, 1.807) is 26.2 Å². The summed E-state index contributed by atoms with van der Waals surface area (Å²) in [6, 6.07) is 0. The van der Waals surface area contributed by atoms with E-state index in [0.29, 0.717) is 24.4 Å². The highest BCUT2D eigenvalue weighted by atomic mass is 32.2. The van der Waals surface area contributed by atoms with Gasteiger partial charge in [0.15, 0.2) is 11.4 Å². The number of nitrogens with one attached hydrogen (secondary N) is 1. The molecule has 1 N–H and O–H groups in total. The molecule has 4 heterocycles. The minimum absolute atomic E-state index is 0.165. The molecule has 0 amide bonds. The average molecular weight is 333 g/mol. The van der Waals surface area contributed by atoms with Gasteiger partial charge in [0.05, 0.1) is 6.20 Å². The topological polar surface area (TPSA) is 105 Å². The van der Waals surface area contributed by atoms with Crippen molar-refractivity contribution in [3.63, 3.8) is 0 Å². The van der Waals surface area contributed by atoms with Gasteiger partial charge in [-0.3, -0.25) is 5.10 Å². The first-order chi connectivity index (χ1) is 11.0. The predicted octanol–water partition coefficient (Wildman–Crippen LogP) is 1.31. The van der Waals surface area contributed by atoms with E-state index in [9.17, 15) is 8.42 Å². The third-order valence-corrected chi connectivity index (χ3v) is 6.30. The van der Waals surface area contributed by atoms with E-state index in [1.807, 2.05) is 0 Å². The van der Waals surface area contributed by atoms with Gasteiger partial charge in [-0.2, -0.15) is 9.40 Å². The first-order valence-corrected chi connectivity index (χ1v) is 8.65. The summed E-state index contributed by atoms with van der Waals surface area (Å²) >= 11 is 0. The highest BCUT2D eigenvalue weighted by Gasteiger charge is 2.33. The second kappa shape index (κ2) is 4.87. The Morgan fingerprint density at radius 1 is 1.30 bits per heavy atom. The summed E-state index contributed by atoms with van der Waals surface area (Å²) in [6.45, 7) is 3.94. The standard InChI is InChI=1S/C14H15N5O3S/c1-8-13(9(2)22-18-8)23(20,21)19-4-3-11-10(7-19)5-15-14-12(11)6-16-17-14/h5-6H,3-4,7H2,1-2H3,(H,15,16,17). The van der Waals surface area contributed by atoms with Gasteiger partial charge in [0, 0.05) is 24.7 Å². The molecule has 0 unspecified atom stereocenters. The number of fused-ring (bicyclic) bond motifs is 3. The molecule has 9 heteroatoms. The Bertz CT molecular complexity index is 985. The van der Waals surface area contributed by atoms with E-state index in [-0.39, 0.29) is 11.4 Å². The minimum atomic E-state index is -3.64. The molecule has 0 saturated heterocycles. The van der Waals surface area contributed by atoms with Crippen LogP contribution in [0.25, 0.3) is 11.0 Å². The molecule has 0 spiro atoms. The van der Waals surface area contributed by atoms with Crippen molar-refractivity contribution in [2.24, 2.45) is 0 Å². The number of aryl methyl sites for hydroxylation is 2. The summed E-state index contributed by atoms with van der Waals surface area (Å²) in [4.78, 5) is 4.46. The van der Waals surface area contributed by atoms with Crippen LogP contribution in [0.3, 0.4) is 0 Å². The van der Waals surface area contributed by atoms with Gasteiger partial charge >= 0.3 is 0 Å². The van der Waals surface area contributed by atoms with Crippen molar-refractivity contribution >= 4 is 21.1 Å². The first-order valence-electron chi connectivity index (χ1n) is 7.21. The summed E-state index contributed by atoms with van der Waals surface area (Å²) in [5, 5.41) is 11.5. The molecule has 0 aromatic carbocycles. The van der Waals surface area contributed by atoms with Crippen molar-refractivity contribution in [2.75, 3.05) is 6.54 Å². The third kappa shape index (κ3) is 2.07. The number of sulfonamides is 1. The van der Waals surface area contributed by atoms with E-state index in [0.717, 1.165) is 22.2 Å². The average Bonchev–Trinajstić information content (AvgIpc) is 3.13. The Hall–Kier alpha value is -2.26. The molecule has 0 atom stereocenters. The molecule has 0 bridgehead atoms. The SMILES string of the molecule is Cc1noc(C)c1S(=O)(=O)N1CCc2c(cnc3[nH]ncc23)C1. The molecule has 8 nitrogen and oxygen atoms in total. The first kappa shape index (κ1) is 14.3. The Morgan fingerprint density at radius 2 is 2.13 bits per heavy atom. The van der Waals surface area contributed by atoms with Crippen LogP contribution >= 0.6 is 0 Å². The van der Waals surface area contributed by atoms with E-state index in [2.05, 4.69) is 20.3 Å². The molecular formula is C14H15N5O3S. The predicted molar refractivity (Wildman–Crippen MR) is 81.2 cm³/mol. The van der Waals surface area contributed by atoms with Crippen LogP contribution in [-0.4, -0.2) is 39.6 Å². The maximum absolute atomic E-state index is 12.9. The van der Waals surface area contributed by atoms with Crippen molar-refractivity contribution < 1.29 is 12.9 Å². The zero-order valence-electron chi connectivity index (χ0n) is 12.7. The van der Waals surface area contributed by atoms with Crippen LogP contribution in [0.15, 0.2) is 21.8 Å². The number of nitrogens with zero attached hydrogens (tertiary/aromatic N) is 4. The Morgan fingerprint density at radius 3 is 2.87 bits per heavy atom. The van der Waals surface area contributed by atoms with Gasteiger partial charge < -0.3 is 4.52 Å². The third-order valence-electron chi connectivity index (χ3n) is 4.21. The zero-order valence-corrected chi connectivity index (χ0v) is 13.5. The highest BCUT2D eigenvalue weighted by molar-refractivity contribution is 7.89. The molecule has 120 valence electrons. The molecule has 23 heavy (non-hydrogen) atoms. The number of aromatic amines is 1. The summed E-state index contributed by atoms with van der Waals surface area (Å²) in [6.07, 6.45) is 4.07. The molecular weight excluding hydrogens is 318 g/mol. The monoisotopic (exact) mass is 333 g/mol. The van der Waals surface area contributed by atoms with Crippen molar-refractivity contribution in [1.82, 2.24) is 24.6 Å². The number of H-pyrrole nitrogens is 1. The van der Waals surface area contributed by atoms with Crippen LogP contribution in [0.2, 0.25) is 0 Å². The Balaban J connectivity index is 1.76. The van der Waals surface area contributed by atoms with Crippen molar-refractivity contribution in [1.29, 1.82) is 0 Å². The van der Waals surface area contributed by atoms with Gasteiger partial charge in [-0.05, 0) is 31.4 Å². The smallest absolute Gasteiger partial charge is 0.248 e. The van der Waals surface area contributed by atoms with Gasteiger partial charge in [0.1, 0.15) is 10.6 Å². The number of aromatic nitrogens is 4. The zero-order chi connectivity index (χ0) is 16.2. The number of rotatable bonds is 2. The van der Waals surface area contributed by atoms with E-state index >= 15 is 0 Å². The quantitative estimate of drug-likeness (QED) is 0.758. The molecule has 0 saturated carbocycles.